The number of carboxylic acids is 1. The molecule has 0 saturated heterocycles. The Kier molecular flexibility index (Phi) is 10.1. The van der Waals surface area contributed by atoms with Crippen molar-refractivity contribution in [2.45, 2.75) is 78.1 Å². The van der Waals surface area contributed by atoms with Gasteiger partial charge in [-0.05, 0) is 23.8 Å². The van der Waals surface area contributed by atoms with Gasteiger partial charge in [0.25, 0.3) is 0 Å². The fourth-order valence-corrected chi connectivity index (χ4v) is 6.04. The van der Waals surface area contributed by atoms with Gasteiger partial charge in [-0.1, -0.05) is 84.9 Å². The number of likely N-dealkylation sites (N-methyl/N-ethyl adjacent to an activating group) is 1. The predicted molar refractivity (Wildman–Crippen MR) is 142 cm³/mol. The summed E-state index contributed by atoms with van der Waals surface area (Å²) in [5, 5.41) is 10.6. The highest BCUT2D eigenvalue weighted by Crippen LogP contribution is 2.32. The Morgan fingerprint density at radius 2 is 1.53 bits per heavy atom. The molecule has 36 heavy (non-hydrogen) atoms. The second-order valence-corrected chi connectivity index (χ2v) is 13.6. The molecule has 0 fully saturated rings. The third-order valence-electron chi connectivity index (χ3n) is 6.48. The zero-order valence-corrected chi connectivity index (χ0v) is 23.9. The molecule has 202 valence electrons. The van der Waals surface area contributed by atoms with E-state index in [4.69, 9.17) is 0 Å². The van der Waals surface area contributed by atoms with Gasteiger partial charge in [0.1, 0.15) is 11.3 Å². The minimum atomic E-state index is -3.87. The van der Waals surface area contributed by atoms with Crippen molar-refractivity contribution in [3.05, 3.63) is 47.5 Å². The summed E-state index contributed by atoms with van der Waals surface area (Å²) in [7, 11) is -2.31. The number of hydrogen-bond acceptors (Lipinski definition) is 5. The highest BCUT2D eigenvalue weighted by atomic mass is 32.2. The largest absolute Gasteiger partial charge is 0.478 e. The SMILES string of the molecule is CC(=C[C@H](C(C)C)N(C)C(=O)[C@@H](NC(=O)[C@@H](C(C)(C)c1ccccc1)S(C)(=O)=O)C(C)(C)C)C(=O)O. The van der Waals surface area contributed by atoms with Gasteiger partial charge in [0.2, 0.25) is 11.8 Å². The van der Waals surface area contributed by atoms with E-state index in [9.17, 15) is 27.9 Å². The summed E-state index contributed by atoms with van der Waals surface area (Å²) < 4.78 is 25.8. The molecule has 1 aromatic rings. The maximum atomic E-state index is 13.7. The number of rotatable bonds is 10. The maximum Gasteiger partial charge on any atom is 0.331 e. The van der Waals surface area contributed by atoms with Crippen molar-refractivity contribution in [3.8, 4) is 0 Å². The quantitative estimate of drug-likeness (QED) is 0.454. The Balaban J connectivity index is 3.47. The van der Waals surface area contributed by atoms with Crippen LogP contribution in [0.3, 0.4) is 0 Å². The van der Waals surface area contributed by atoms with Gasteiger partial charge in [-0.25, -0.2) is 13.2 Å². The number of aliphatic carboxylic acids is 1. The lowest BCUT2D eigenvalue weighted by Crippen LogP contribution is -2.60. The van der Waals surface area contributed by atoms with E-state index >= 15 is 0 Å². The number of hydrogen-bond donors (Lipinski definition) is 2. The normalized spacial score (nSPS) is 15.7. The Morgan fingerprint density at radius 1 is 1.03 bits per heavy atom. The average Bonchev–Trinajstić information content (AvgIpc) is 2.73. The number of carbonyl (C=O) groups is 3. The van der Waals surface area contributed by atoms with Gasteiger partial charge >= 0.3 is 5.97 Å². The summed E-state index contributed by atoms with van der Waals surface area (Å²) in [5.74, 6) is -2.38. The molecule has 8 nitrogen and oxygen atoms in total. The summed E-state index contributed by atoms with van der Waals surface area (Å²) in [6.07, 6.45) is 2.54. The summed E-state index contributed by atoms with van der Waals surface area (Å²) >= 11 is 0. The van der Waals surface area contributed by atoms with Gasteiger partial charge in [-0.15, -0.1) is 0 Å². The van der Waals surface area contributed by atoms with E-state index in [2.05, 4.69) is 5.32 Å². The number of nitrogens with one attached hydrogen (secondary N) is 1. The molecule has 1 rings (SSSR count). The summed E-state index contributed by atoms with van der Waals surface area (Å²) in [5.41, 5.74) is -1.04. The maximum absolute atomic E-state index is 13.7. The van der Waals surface area contributed by atoms with Gasteiger partial charge in [-0.3, -0.25) is 9.59 Å². The molecular weight excluding hydrogens is 480 g/mol. The van der Waals surface area contributed by atoms with Gasteiger partial charge in [0.05, 0.1) is 6.04 Å². The van der Waals surface area contributed by atoms with Crippen LogP contribution in [0.4, 0.5) is 0 Å². The third-order valence-corrected chi connectivity index (χ3v) is 8.13. The molecular formula is C27H42N2O6S. The lowest BCUT2D eigenvalue weighted by molar-refractivity contribution is -0.140. The lowest BCUT2D eigenvalue weighted by atomic mass is 9.80. The first-order chi connectivity index (χ1) is 16.2. The zero-order valence-electron chi connectivity index (χ0n) is 23.1. The molecule has 3 atom stereocenters. The van der Waals surface area contributed by atoms with E-state index in [0.29, 0.717) is 5.56 Å². The molecule has 9 heteroatoms. The number of benzene rings is 1. The molecule has 0 aromatic heterocycles. The summed E-state index contributed by atoms with van der Waals surface area (Å²) in [4.78, 5) is 40.1. The minimum absolute atomic E-state index is 0.103. The van der Waals surface area contributed by atoms with Crippen molar-refractivity contribution < 1.29 is 27.9 Å². The molecule has 0 aliphatic carbocycles. The Morgan fingerprint density at radius 3 is 1.92 bits per heavy atom. The monoisotopic (exact) mass is 522 g/mol. The van der Waals surface area contributed by atoms with Gasteiger partial charge < -0.3 is 15.3 Å². The van der Waals surface area contributed by atoms with E-state index in [1.165, 1.54) is 17.9 Å². The van der Waals surface area contributed by atoms with Gasteiger partial charge in [0, 0.05) is 24.3 Å². The fourth-order valence-electron chi connectivity index (χ4n) is 4.37. The number of carbonyl (C=O) groups excluding carboxylic acids is 2. The molecule has 1 aromatic carbocycles. The van der Waals surface area contributed by atoms with Crippen LogP contribution in [0.2, 0.25) is 0 Å². The van der Waals surface area contributed by atoms with Gasteiger partial charge in [0.15, 0.2) is 9.84 Å². The van der Waals surface area contributed by atoms with Crippen LogP contribution in [0, 0.1) is 11.3 Å². The molecule has 0 unspecified atom stereocenters. The molecule has 0 saturated carbocycles. The van der Waals surface area contributed by atoms with Crippen LogP contribution in [-0.4, -0.2) is 66.8 Å². The number of nitrogens with zero attached hydrogens (tertiary/aromatic N) is 1. The summed E-state index contributed by atoms with van der Waals surface area (Å²) in [6, 6.07) is 7.33. The molecule has 0 spiro atoms. The van der Waals surface area contributed by atoms with Crippen LogP contribution in [0.15, 0.2) is 42.0 Å². The fraction of sp³-hybridized carbons (Fsp3) is 0.593. The Labute approximate surface area is 216 Å². The standard InChI is InChI=1S/C27H42N2O6S/c1-17(2)20(16-18(3)25(32)33)29(9)24(31)21(26(4,5)6)28-23(30)22(36(10,34)35)27(7,8)19-14-12-11-13-15-19/h11-17,20-22H,1-10H3,(H,28,30)(H,32,33)/t20-,21-,22+/m1/s1. The lowest BCUT2D eigenvalue weighted by Gasteiger charge is -2.39. The van der Waals surface area contributed by atoms with Crippen LogP contribution < -0.4 is 5.32 Å². The highest BCUT2D eigenvalue weighted by Gasteiger charge is 2.46. The van der Waals surface area contributed by atoms with Crippen LogP contribution in [0.5, 0.6) is 0 Å². The first-order valence-corrected chi connectivity index (χ1v) is 13.9. The number of amides is 2. The van der Waals surface area contributed by atoms with Crippen molar-refractivity contribution in [2.24, 2.45) is 11.3 Å². The van der Waals surface area contributed by atoms with Crippen molar-refractivity contribution in [1.82, 2.24) is 10.2 Å². The first kappa shape index (κ1) is 31.4. The van der Waals surface area contributed by atoms with E-state index in [-0.39, 0.29) is 11.5 Å². The van der Waals surface area contributed by atoms with Crippen LogP contribution in [0.1, 0.15) is 61.0 Å². The first-order valence-electron chi connectivity index (χ1n) is 12.0. The summed E-state index contributed by atoms with van der Waals surface area (Å²) in [6.45, 7) is 13.9. The zero-order chi connectivity index (χ0) is 28.2. The molecule has 0 heterocycles. The van der Waals surface area contributed by atoms with Crippen molar-refractivity contribution in [2.75, 3.05) is 13.3 Å². The van der Waals surface area contributed by atoms with Crippen molar-refractivity contribution in [1.29, 1.82) is 0 Å². The van der Waals surface area contributed by atoms with E-state index in [1.54, 1.807) is 65.9 Å². The number of sulfone groups is 1. The third kappa shape index (κ3) is 7.66. The van der Waals surface area contributed by atoms with E-state index < -0.39 is 55.8 Å². The number of carboxylic acid groups (broad SMARTS) is 1. The second-order valence-electron chi connectivity index (χ2n) is 11.4. The van der Waals surface area contributed by atoms with Crippen molar-refractivity contribution in [3.63, 3.8) is 0 Å². The van der Waals surface area contributed by atoms with Crippen molar-refractivity contribution >= 4 is 27.6 Å². The average molecular weight is 523 g/mol. The molecule has 0 aliphatic heterocycles. The molecule has 0 radical (unpaired) electrons. The predicted octanol–water partition coefficient (Wildman–Crippen LogP) is 3.42. The molecule has 2 N–H and O–H groups in total. The van der Waals surface area contributed by atoms with E-state index in [0.717, 1.165) is 6.26 Å². The topological polar surface area (TPSA) is 121 Å². The molecule has 0 bridgehead atoms. The van der Waals surface area contributed by atoms with Crippen LogP contribution >= 0.6 is 0 Å². The highest BCUT2D eigenvalue weighted by molar-refractivity contribution is 7.92. The van der Waals surface area contributed by atoms with E-state index in [1.807, 2.05) is 19.9 Å². The van der Waals surface area contributed by atoms with Crippen LogP contribution in [0.25, 0.3) is 0 Å². The van der Waals surface area contributed by atoms with Gasteiger partial charge in [-0.2, -0.15) is 0 Å². The Hall–Kier alpha value is -2.68. The second kappa shape index (κ2) is 11.6. The smallest absolute Gasteiger partial charge is 0.331 e. The Bertz CT molecular complexity index is 1090. The molecule has 0 aliphatic rings. The minimum Gasteiger partial charge on any atom is -0.478 e. The molecule has 2 amide bonds. The van der Waals surface area contributed by atoms with Crippen LogP contribution in [-0.2, 0) is 29.6 Å².